The van der Waals surface area contributed by atoms with Gasteiger partial charge in [-0.15, -0.1) is 0 Å². The summed E-state index contributed by atoms with van der Waals surface area (Å²) >= 11 is 0. The van der Waals surface area contributed by atoms with E-state index in [4.69, 9.17) is 10.00 Å². The molecular weight excluding hydrogens is 254 g/mol. The molecule has 94 valence electrons. The zero-order valence-corrected chi connectivity index (χ0v) is 9.43. The number of nitrogens with zero attached hydrogens (tertiary/aromatic N) is 2. The number of rotatable bonds is 3. The maximum absolute atomic E-state index is 13.0. The molecule has 0 N–H and O–H groups in total. The van der Waals surface area contributed by atoms with Crippen LogP contribution in [0.2, 0.25) is 0 Å². The molecule has 0 amide bonds. The number of benzene rings is 1. The fourth-order valence-electron chi connectivity index (χ4n) is 1.38. The largest absolute Gasteiger partial charge is 0.454 e. The van der Waals surface area contributed by atoms with Crippen molar-refractivity contribution in [2.24, 2.45) is 0 Å². The number of hydrogen-bond donors (Lipinski definition) is 0. The van der Waals surface area contributed by atoms with Crippen molar-refractivity contribution >= 4 is 6.29 Å². The van der Waals surface area contributed by atoms with Crippen LogP contribution in [0.4, 0.5) is 8.78 Å². The monoisotopic (exact) mass is 260 g/mol. The van der Waals surface area contributed by atoms with E-state index in [1.54, 1.807) is 0 Å². The zero-order valence-electron chi connectivity index (χ0n) is 9.43. The first-order valence-electron chi connectivity index (χ1n) is 5.12. The lowest BCUT2D eigenvalue weighted by Gasteiger charge is -2.07. The molecule has 19 heavy (non-hydrogen) atoms. The van der Waals surface area contributed by atoms with Crippen LogP contribution in [0.25, 0.3) is 0 Å². The molecule has 0 spiro atoms. The first-order valence-corrected chi connectivity index (χ1v) is 5.12. The van der Waals surface area contributed by atoms with Gasteiger partial charge in [-0.05, 0) is 18.2 Å². The quantitative estimate of drug-likeness (QED) is 0.628. The van der Waals surface area contributed by atoms with E-state index < -0.39 is 11.8 Å². The van der Waals surface area contributed by atoms with Crippen molar-refractivity contribution in [3.05, 3.63) is 53.4 Å². The smallest absolute Gasteiger partial charge is 0.249 e. The molecule has 1 aromatic heterocycles. The Balaban J connectivity index is 2.35. The van der Waals surface area contributed by atoms with Crippen molar-refractivity contribution in [1.82, 2.24) is 4.98 Å². The molecule has 6 heteroatoms. The van der Waals surface area contributed by atoms with Crippen molar-refractivity contribution in [3.63, 3.8) is 0 Å². The van der Waals surface area contributed by atoms with Crippen molar-refractivity contribution < 1.29 is 18.3 Å². The summed E-state index contributed by atoms with van der Waals surface area (Å²) in [7, 11) is 0. The molecule has 0 aliphatic heterocycles. The van der Waals surface area contributed by atoms with E-state index in [0.717, 1.165) is 12.3 Å². The predicted molar refractivity (Wildman–Crippen MR) is 60.8 cm³/mol. The summed E-state index contributed by atoms with van der Waals surface area (Å²) in [6.45, 7) is 0. The molecule has 1 aromatic carbocycles. The molecule has 2 rings (SSSR count). The van der Waals surface area contributed by atoms with Crippen LogP contribution in [0.3, 0.4) is 0 Å². The molecule has 0 radical (unpaired) electrons. The van der Waals surface area contributed by atoms with Crippen LogP contribution in [0, 0.1) is 23.1 Å². The van der Waals surface area contributed by atoms with E-state index in [1.165, 1.54) is 18.2 Å². The highest BCUT2D eigenvalue weighted by Gasteiger charge is 2.09. The summed E-state index contributed by atoms with van der Waals surface area (Å²) in [5, 5.41) is 8.92. The van der Waals surface area contributed by atoms with Crippen molar-refractivity contribution in [2.45, 2.75) is 0 Å². The SMILES string of the molecule is N#Cc1cc(C=O)ccc1Oc1cnc(F)c(F)c1. The Morgan fingerprint density at radius 1 is 1.32 bits per heavy atom. The third-order valence-electron chi connectivity index (χ3n) is 2.26. The third kappa shape index (κ3) is 2.72. The minimum atomic E-state index is -1.23. The molecule has 0 saturated carbocycles. The molecule has 0 aliphatic rings. The van der Waals surface area contributed by atoms with Crippen LogP contribution < -0.4 is 4.74 Å². The highest BCUT2D eigenvalue weighted by atomic mass is 19.2. The van der Waals surface area contributed by atoms with Gasteiger partial charge < -0.3 is 4.74 Å². The van der Waals surface area contributed by atoms with E-state index in [1.807, 2.05) is 6.07 Å². The van der Waals surface area contributed by atoms with Gasteiger partial charge in [0, 0.05) is 11.6 Å². The molecule has 0 aliphatic carbocycles. The van der Waals surface area contributed by atoms with Gasteiger partial charge in [0.15, 0.2) is 5.82 Å². The third-order valence-corrected chi connectivity index (χ3v) is 2.26. The van der Waals surface area contributed by atoms with E-state index >= 15 is 0 Å². The van der Waals surface area contributed by atoms with Crippen LogP contribution in [-0.4, -0.2) is 11.3 Å². The standard InChI is InChI=1S/C13H6F2N2O2/c14-11-4-10(6-17-13(11)15)19-12-2-1-8(7-18)3-9(12)5-16/h1-4,6-7H. The predicted octanol–water partition coefficient (Wildman–Crippen LogP) is 2.84. The topological polar surface area (TPSA) is 63.0 Å². The first-order chi connectivity index (χ1) is 9.13. The van der Waals surface area contributed by atoms with Gasteiger partial charge in [-0.1, -0.05) is 0 Å². The van der Waals surface area contributed by atoms with E-state index in [9.17, 15) is 13.6 Å². The summed E-state index contributed by atoms with van der Waals surface area (Å²) in [5.41, 5.74) is 0.418. The zero-order chi connectivity index (χ0) is 13.8. The van der Waals surface area contributed by atoms with Crippen molar-refractivity contribution in [1.29, 1.82) is 5.26 Å². The number of halogens is 2. The lowest BCUT2D eigenvalue weighted by molar-refractivity contribution is 0.112. The molecule has 0 atom stereocenters. The Bertz CT molecular complexity index is 681. The Labute approximate surface area is 106 Å². The van der Waals surface area contributed by atoms with E-state index in [2.05, 4.69) is 4.98 Å². The van der Waals surface area contributed by atoms with Crippen LogP contribution in [-0.2, 0) is 0 Å². The molecule has 0 fully saturated rings. The Kier molecular flexibility index (Phi) is 3.48. The minimum Gasteiger partial charge on any atom is -0.454 e. The van der Waals surface area contributed by atoms with Gasteiger partial charge in [0.05, 0.1) is 11.8 Å². The molecule has 2 aromatic rings. The molecular formula is C13H6F2N2O2. The van der Waals surface area contributed by atoms with Gasteiger partial charge >= 0.3 is 0 Å². The fourth-order valence-corrected chi connectivity index (χ4v) is 1.38. The molecule has 4 nitrogen and oxygen atoms in total. The Morgan fingerprint density at radius 2 is 2.11 bits per heavy atom. The van der Waals surface area contributed by atoms with E-state index in [0.29, 0.717) is 11.8 Å². The van der Waals surface area contributed by atoms with Crippen LogP contribution in [0.1, 0.15) is 15.9 Å². The number of pyridine rings is 1. The summed E-state index contributed by atoms with van der Waals surface area (Å²) in [4.78, 5) is 13.7. The lowest BCUT2D eigenvalue weighted by atomic mass is 10.1. The number of ether oxygens (including phenoxy) is 1. The molecule has 0 unspecified atom stereocenters. The lowest BCUT2D eigenvalue weighted by Crippen LogP contribution is -1.94. The number of carbonyl (C=O) groups excluding carboxylic acids is 1. The normalized spacial score (nSPS) is 9.74. The van der Waals surface area contributed by atoms with Crippen molar-refractivity contribution in [3.8, 4) is 17.6 Å². The number of nitriles is 1. The maximum atomic E-state index is 13.0. The van der Waals surface area contributed by atoms with Gasteiger partial charge in [0.25, 0.3) is 0 Å². The van der Waals surface area contributed by atoms with Gasteiger partial charge in [-0.2, -0.15) is 9.65 Å². The van der Waals surface area contributed by atoms with Gasteiger partial charge in [0.1, 0.15) is 23.9 Å². The number of carbonyl (C=O) groups is 1. The molecule has 0 saturated heterocycles. The number of hydrogen-bond acceptors (Lipinski definition) is 4. The van der Waals surface area contributed by atoms with Gasteiger partial charge in [-0.3, -0.25) is 4.79 Å². The van der Waals surface area contributed by atoms with Crippen LogP contribution >= 0.6 is 0 Å². The van der Waals surface area contributed by atoms with Crippen molar-refractivity contribution in [2.75, 3.05) is 0 Å². The molecule has 0 bridgehead atoms. The molecule has 1 heterocycles. The fraction of sp³-hybridized carbons (Fsp3) is 0. The summed E-state index contributed by atoms with van der Waals surface area (Å²) in [5.74, 6) is -2.31. The number of aromatic nitrogens is 1. The minimum absolute atomic E-state index is 0.0470. The van der Waals surface area contributed by atoms with Gasteiger partial charge in [-0.25, -0.2) is 9.37 Å². The van der Waals surface area contributed by atoms with Gasteiger partial charge in [0.2, 0.25) is 5.95 Å². The summed E-state index contributed by atoms with van der Waals surface area (Å²) in [6.07, 6.45) is 1.58. The second kappa shape index (κ2) is 5.23. The Hall–Kier alpha value is -2.81. The Morgan fingerprint density at radius 3 is 2.74 bits per heavy atom. The van der Waals surface area contributed by atoms with E-state index in [-0.39, 0.29) is 17.1 Å². The highest BCUT2D eigenvalue weighted by Crippen LogP contribution is 2.25. The second-order valence-corrected chi connectivity index (χ2v) is 3.53. The number of aldehydes is 1. The average Bonchev–Trinajstić information content (AvgIpc) is 2.43. The van der Waals surface area contributed by atoms with Crippen LogP contribution in [0.15, 0.2) is 30.5 Å². The summed E-state index contributed by atoms with van der Waals surface area (Å²) < 4.78 is 30.8. The highest BCUT2D eigenvalue weighted by molar-refractivity contribution is 5.76. The summed E-state index contributed by atoms with van der Waals surface area (Å²) in [6, 6.07) is 6.82. The van der Waals surface area contributed by atoms with Crippen LogP contribution in [0.5, 0.6) is 11.5 Å². The average molecular weight is 260 g/mol. The first kappa shape index (κ1) is 12.6. The second-order valence-electron chi connectivity index (χ2n) is 3.53. The maximum Gasteiger partial charge on any atom is 0.249 e.